The van der Waals surface area contributed by atoms with Crippen LogP contribution in [0.2, 0.25) is 0 Å². The smallest absolute Gasteiger partial charge is 0.420 e. The summed E-state index contributed by atoms with van der Waals surface area (Å²) in [7, 11) is 2.47. The molecule has 3 nitrogen and oxygen atoms in total. The van der Waals surface area contributed by atoms with Crippen molar-refractivity contribution in [3.8, 4) is 11.5 Å². The van der Waals surface area contributed by atoms with E-state index in [0.29, 0.717) is 0 Å². The highest BCUT2D eigenvalue weighted by Crippen LogP contribution is 2.40. The summed E-state index contributed by atoms with van der Waals surface area (Å²) < 4.78 is 47.6. The van der Waals surface area contributed by atoms with Crippen LogP contribution in [0.25, 0.3) is 0 Å². The largest absolute Gasteiger partial charge is 0.497 e. The quantitative estimate of drug-likeness (QED) is 0.873. The van der Waals surface area contributed by atoms with E-state index in [1.807, 2.05) is 0 Å². The Balaban J connectivity index is 3.43. The average Bonchev–Trinajstić information content (AvgIpc) is 2.25. The second-order valence-electron chi connectivity index (χ2n) is 3.07. The van der Waals surface area contributed by atoms with E-state index in [0.717, 1.165) is 6.07 Å². The van der Waals surface area contributed by atoms with Gasteiger partial charge < -0.3 is 15.2 Å². The van der Waals surface area contributed by atoms with Crippen molar-refractivity contribution in [2.45, 2.75) is 12.7 Å². The molecule has 1 aromatic rings. The molecule has 0 radical (unpaired) electrons. The van der Waals surface area contributed by atoms with Crippen LogP contribution in [0.15, 0.2) is 12.1 Å². The Labute approximate surface area is 91.0 Å². The normalized spacial score (nSPS) is 11.4. The fourth-order valence-electron chi connectivity index (χ4n) is 1.38. The van der Waals surface area contributed by atoms with Gasteiger partial charge in [0.2, 0.25) is 0 Å². The molecule has 0 heterocycles. The van der Waals surface area contributed by atoms with Gasteiger partial charge in [0.25, 0.3) is 0 Å². The third-order valence-electron chi connectivity index (χ3n) is 2.10. The Bertz CT molecular complexity index is 377. The van der Waals surface area contributed by atoms with Crippen molar-refractivity contribution in [1.82, 2.24) is 0 Å². The van der Waals surface area contributed by atoms with Crippen LogP contribution in [0.5, 0.6) is 11.5 Å². The molecule has 0 unspecified atom stereocenters. The highest BCUT2D eigenvalue weighted by molar-refractivity contribution is 5.48. The van der Waals surface area contributed by atoms with Crippen LogP contribution >= 0.6 is 0 Å². The van der Waals surface area contributed by atoms with Gasteiger partial charge in [-0.15, -0.1) is 0 Å². The van der Waals surface area contributed by atoms with Gasteiger partial charge in [0.1, 0.15) is 17.1 Å². The Morgan fingerprint density at radius 2 is 1.81 bits per heavy atom. The predicted octanol–water partition coefficient (Wildman–Crippen LogP) is 2.18. The Morgan fingerprint density at radius 3 is 2.19 bits per heavy atom. The van der Waals surface area contributed by atoms with Gasteiger partial charge in [-0.1, -0.05) is 0 Å². The molecule has 0 aliphatic rings. The monoisotopic (exact) mass is 235 g/mol. The van der Waals surface area contributed by atoms with Crippen molar-refractivity contribution in [2.75, 3.05) is 14.2 Å². The van der Waals surface area contributed by atoms with Gasteiger partial charge in [-0.3, -0.25) is 0 Å². The zero-order valence-corrected chi connectivity index (χ0v) is 8.89. The Hall–Kier alpha value is -1.43. The summed E-state index contributed by atoms with van der Waals surface area (Å²) >= 11 is 0. The third-order valence-corrected chi connectivity index (χ3v) is 2.10. The summed E-state index contributed by atoms with van der Waals surface area (Å²) in [6.07, 6.45) is -4.50. The number of hydrogen-bond acceptors (Lipinski definition) is 3. The van der Waals surface area contributed by atoms with Gasteiger partial charge in [-0.05, 0) is 12.1 Å². The van der Waals surface area contributed by atoms with Crippen LogP contribution in [-0.4, -0.2) is 14.2 Å². The van der Waals surface area contributed by atoms with E-state index in [1.54, 1.807) is 0 Å². The number of hydrogen-bond donors (Lipinski definition) is 1. The van der Waals surface area contributed by atoms with Crippen LogP contribution in [-0.2, 0) is 12.7 Å². The highest BCUT2D eigenvalue weighted by Gasteiger charge is 2.36. The van der Waals surface area contributed by atoms with E-state index in [4.69, 9.17) is 15.2 Å². The van der Waals surface area contributed by atoms with E-state index in [-0.39, 0.29) is 23.6 Å². The molecule has 0 aliphatic heterocycles. The number of benzene rings is 1. The zero-order chi connectivity index (χ0) is 12.3. The summed E-state index contributed by atoms with van der Waals surface area (Å²) in [5.41, 5.74) is 4.74. The lowest BCUT2D eigenvalue weighted by Gasteiger charge is -2.16. The maximum atomic E-state index is 12.7. The van der Waals surface area contributed by atoms with Gasteiger partial charge >= 0.3 is 6.18 Å². The lowest BCUT2D eigenvalue weighted by atomic mass is 10.1. The van der Waals surface area contributed by atoms with Crippen molar-refractivity contribution in [3.63, 3.8) is 0 Å². The second kappa shape index (κ2) is 4.61. The molecule has 0 saturated carbocycles. The molecule has 90 valence electrons. The first kappa shape index (κ1) is 12.6. The molecule has 0 spiro atoms. The van der Waals surface area contributed by atoms with Gasteiger partial charge in [-0.25, -0.2) is 0 Å². The molecule has 0 aliphatic carbocycles. The van der Waals surface area contributed by atoms with Gasteiger partial charge in [0, 0.05) is 12.1 Å². The van der Waals surface area contributed by atoms with Crippen LogP contribution in [0.1, 0.15) is 11.1 Å². The fraction of sp³-hybridized carbons (Fsp3) is 0.400. The zero-order valence-electron chi connectivity index (χ0n) is 8.89. The SMILES string of the molecule is COc1cc(CN)c(OC)c(C(F)(F)F)c1. The van der Waals surface area contributed by atoms with Crippen LogP contribution < -0.4 is 15.2 Å². The third kappa shape index (κ3) is 2.38. The van der Waals surface area contributed by atoms with Crippen molar-refractivity contribution >= 4 is 0 Å². The number of halogens is 3. The lowest BCUT2D eigenvalue weighted by Crippen LogP contribution is -2.11. The molecule has 16 heavy (non-hydrogen) atoms. The number of rotatable bonds is 3. The number of nitrogens with two attached hydrogens (primary N) is 1. The predicted molar refractivity (Wildman–Crippen MR) is 52.4 cm³/mol. The van der Waals surface area contributed by atoms with Crippen molar-refractivity contribution in [2.24, 2.45) is 5.73 Å². The molecule has 6 heteroatoms. The minimum atomic E-state index is -4.50. The summed E-state index contributed by atoms with van der Waals surface area (Å²) in [5, 5.41) is 0. The maximum Gasteiger partial charge on any atom is 0.420 e. The second-order valence-corrected chi connectivity index (χ2v) is 3.07. The minimum Gasteiger partial charge on any atom is -0.497 e. The molecule has 0 amide bonds. The summed E-state index contributed by atoms with van der Waals surface area (Å²) in [6.45, 7) is -0.0521. The van der Waals surface area contributed by atoms with E-state index in [9.17, 15) is 13.2 Å². The maximum absolute atomic E-state index is 12.7. The molecule has 1 rings (SSSR count). The molecule has 0 aromatic heterocycles. The number of alkyl halides is 3. The average molecular weight is 235 g/mol. The van der Waals surface area contributed by atoms with Gasteiger partial charge in [0.15, 0.2) is 0 Å². The van der Waals surface area contributed by atoms with Crippen molar-refractivity contribution < 1.29 is 22.6 Å². The van der Waals surface area contributed by atoms with Gasteiger partial charge in [0.05, 0.1) is 14.2 Å². The summed E-state index contributed by atoms with van der Waals surface area (Å²) in [6, 6.07) is 2.31. The van der Waals surface area contributed by atoms with Crippen molar-refractivity contribution in [3.05, 3.63) is 23.3 Å². The van der Waals surface area contributed by atoms with E-state index < -0.39 is 11.7 Å². The first-order valence-corrected chi connectivity index (χ1v) is 4.46. The van der Waals surface area contributed by atoms with Crippen LogP contribution in [0, 0.1) is 0 Å². The number of ether oxygens (including phenoxy) is 2. The summed E-state index contributed by atoms with van der Waals surface area (Å²) in [4.78, 5) is 0. The highest BCUT2D eigenvalue weighted by atomic mass is 19.4. The Kier molecular flexibility index (Phi) is 3.64. The molecule has 0 saturated heterocycles. The van der Waals surface area contributed by atoms with Gasteiger partial charge in [-0.2, -0.15) is 13.2 Å². The molecule has 0 atom stereocenters. The molecule has 0 bridgehead atoms. The standard InChI is InChI=1S/C10H12F3NO2/c1-15-7-3-6(5-14)9(16-2)8(4-7)10(11,12)13/h3-4H,5,14H2,1-2H3. The fourth-order valence-corrected chi connectivity index (χ4v) is 1.38. The van der Waals surface area contributed by atoms with Crippen LogP contribution in [0.4, 0.5) is 13.2 Å². The molecule has 0 fully saturated rings. The molecular formula is C10H12F3NO2. The first-order valence-electron chi connectivity index (χ1n) is 4.46. The molecule has 1 aromatic carbocycles. The minimum absolute atomic E-state index is 0.0521. The first-order chi connectivity index (χ1) is 7.43. The Morgan fingerprint density at radius 1 is 1.19 bits per heavy atom. The van der Waals surface area contributed by atoms with Crippen molar-refractivity contribution in [1.29, 1.82) is 0 Å². The topological polar surface area (TPSA) is 44.5 Å². The van der Waals surface area contributed by atoms with Crippen LogP contribution in [0.3, 0.4) is 0 Å². The lowest BCUT2D eigenvalue weighted by molar-refractivity contribution is -0.138. The van der Waals surface area contributed by atoms with E-state index in [2.05, 4.69) is 0 Å². The summed E-state index contributed by atoms with van der Waals surface area (Å²) in [5.74, 6) is -0.149. The molecule has 2 N–H and O–H groups in total. The van der Waals surface area contributed by atoms with E-state index in [1.165, 1.54) is 20.3 Å². The number of methoxy groups -OCH3 is 2. The molecular weight excluding hydrogens is 223 g/mol. The van der Waals surface area contributed by atoms with E-state index >= 15 is 0 Å².